The lowest BCUT2D eigenvalue weighted by atomic mass is 9.79. The second-order valence-corrected chi connectivity index (χ2v) is 7.30. The van der Waals surface area contributed by atoms with Gasteiger partial charge in [0.25, 0.3) is 0 Å². The largest absolute Gasteiger partial charge is 0.494 e. The third kappa shape index (κ3) is 7.07. The molecule has 8 N–H and O–H groups in total. The van der Waals surface area contributed by atoms with Crippen LogP contribution in [0.5, 0.6) is 5.75 Å². The molecule has 0 aliphatic carbocycles. The highest BCUT2D eigenvalue weighted by molar-refractivity contribution is 6.11. The number of carbonyl (C=O) groups is 4. The smallest absolute Gasteiger partial charge is 0.331 e. The Morgan fingerprint density at radius 1 is 1.16 bits per heavy atom. The van der Waals surface area contributed by atoms with Crippen LogP contribution in [0.25, 0.3) is 0 Å². The van der Waals surface area contributed by atoms with Crippen molar-refractivity contribution in [3.05, 3.63) is 29.8 Å². The van der Waals surface area contributed by atoms with Crippen molar-refractivity contribution in [2.24, 2.45) is 17.4 Å². The molecule has 0 spiro atoms. The standard InChI is InChI=1S/C20H28N4O7/c1-11(2)20(23,19(29)30)17(28)14(10-16(26)27)24-15(25)4-3-9-31-13-7-5-12(6-8-13)18(21)22/h5-8,11,14H,3-4,9-10,23H2,1-2H3,(H3,21,22)(H,24,25)(H,26,27)(H,29,30). The number of hydrogen-bond donors (Lipinski definition) is 6. The van der Waals surface area contributed by atoms with Gasteiger partial charge in [-0.2, -0.15) is 0 Å². The van der Waals surface area contributed by atoms with Gasteiger partial charge in [0.1, 0.15) is 17.6 Å². The third-order valence-electron chi connectivity index (χ3n) is 4.68. The molecular weight excluding hydrogens is 408 g/mol. The van der Waals surface area contributed by atoms with Gasteiger partial charge in [-0.3, -0.25) is 19.8 Å². The van der Waals surface area contributed by atoms with E-state index in [1.54, 1.807) is 24.3 Å². The number of amides is 1. The maximum absolute atomic E-state index is 12.7. The summed E-state index contributed by atoms with van der Waals surface area (Å²) >= 11 is 0. The second kappa shape index (κ2) is 11.1. The molecule has 0 aliphatic rings. The SMILES string of the molecule is CC(C)C(N)(C(=O)O)C(=O)C(CC(=O)O)NC(=O)CCCOc1ccc(C(=N)N)cc1. The van der Waals surface area contributed by atoms with Crippen LogP contribution in [0.3, 0.4) is 0 Å². The fraction of sp³-hybridized carbons (Fsp3) is 0.450. The van der Waals surface area contributed by atoms with E-state index in [-0.39, 0.29) is 25.3 Å². The van der Waals surface area contributed by atoms with Crippen LogP contribution in [-0.2, 0) is 19.2 Å². The summed E-state index contributed by atoms with van der Waals surface area (Å²) in [5.74, 6) is -5.08. The van der Waals surface area contributed by atoms with Crippen LogP contribution in [-0.4, -0.2) is 57.9 Å². The number of carbonyl (C=O) groups excluding carboxylic acids is 2. The maximum Gasteiger partial charge on any atom is 0.331 e. The van der Waals surface area contributed by atoms with E-state index in [1.165, 1.54) is 13.8 Å². The molecule has 31 heavy (non-hydrogen) atoms. The van der Waals surface area contributed by atoms with Crippen LogP contribution in [0.4, 0.5) is 0 Å². The molecule has 0 bridgehead atoms. The number of carboxylic acids is 2. The minimum Gasteiger partial charge on any atom is -0.494 e. The van der Waals surface area contributed by atoms with Crippen LogP contribution in [0.2, 0.25) is 0 Å². The van der Waals surface area contributed by atoms with Crippen LogP contribution < -0.4 is 21.5 Å². The van der Waals surface area contributed by atoms with E-state index in [9.17, 15) is 24.3 Å². The van der Waals surface area contributed by atoms with E-state index in [2.05, 4.69) is 5.32 Å². The van der Waals surface area contributed by atoms with Crippen molar-refractivity contribution in [2.45, 2.75) is 44.7 Å². The summed E-state index contributed by atoms with van der Waals surface area (Å²) in [5, 5.41) is 28.0. The average molecular weight is 436 g/mol. The Labute approximate surface area is 179 Å². The molecule has 1 amide bonds. The van der Waals surface area contributed by atoms with E-state index in [0.29, 0.717) is 11.3 Å². The Bertz CT molecular complexity index is 838. The van der Waals surface area contributed by atoms with Crippen LogP contribution in [0.1, 0.15) is 38.7 Å². The lowest BCUT2D eigenvalue weighted by molar-refractivity contribution is -0.153. The zero-order chi connectivity index (χ0) is 23.8. The summed E-state index contributed by atoms with van der Waals surface area (Å²) in [6.45, 7) is 3.00. The van der Waals surface area contributed by atoms with Crippen LogP contribution >= 0.6 is 0 Å². The highest BCUT2D eigenvalue weighted by Crippen LogP contribution is 2.19. The van der Waals surface area contributed by atoms with Gasteiger partial charge in [0.15, 0.2) is 11.3 Å². The number of ketones is 1. The Morgan fingerprint density at radius 3 is 2.19 bits per heavy atom. The molecule has 0 heterocycles. The monoisotopic (exact) mass is 436 g/mol. The lowest BCUT2D eigenvalue weighted by Gasteiger charge is -2.31. The number of nitrogens with two attached hydrogens (primary N) is 2. The van der Waals surface area contributed by atoms with Crippen LogP contribution in [0.15, 0.2) is 24.3 Å². The minimum absolute atomic E-state index is 0.0736. The lowest BCUT2D eigenvalue weighted by Crippen LogP contribution is -2.64. The van der Waals surface area contributed by atoms with Gasteiger partial charge in [0.05, 0.1) is 13.0 Å². The second-order valence-electron chi connectivity index (χ2n) is 7.30. The van der Waals surface area contributed by atoms with Crippen molar-refractivity contribution in [3.8, 4) is 5.75 Å². The summed E-state index contributed by atoms with van der Waals surface area (Å²) in [4.78, 5) is 47.5. The Kier molecular flexibility index (Phi) is 9.13. The van der Waals surface area contributed by atoms with Gasteiger partial charge in [-0.1, -0.05) is 13.8 Å². The highest BCUT2D eigenvalue weighted by atomic mass is 16.5. The van der Waals surface area contributed by atoms with Gasteiger partial charge in [-0.15, -0.1) is 0 Å². The summed E-state index contributed by atoms with van der Waals surface area (Å²) < 4.78 is 5.48. The Morgan fingerprint density at radius 2 is 1.74 bits per heavy atom. The molecular formula is C20H28N4O7. The normalized spacial score (nSPS) is 13.7. The molecule has 0 aliphatic heterocycles. The predicted molar refractivity (Wildman–Crippen MR) is 111 cm³/mol. The first kappa shape index (κ1) is 25.6. The molecule has 0 radical (unpaired) electrons. The molecule has 1 aromatic carbocycles. The summed E-state index contributed by atoms with van der Waals surface area (Å²) in [7, 11) is 0. The molecule has 2 atom stereocenters. The third-order valence-corrected chi connectivity index (χ3v) is 4.68. The average Bonchev–Trinajstić information content (AvgIpc) is 2.69. The fourth-order valence-electron chi connectivity index (χ4n) is 2.73. The van der Waals surface area contributed by atoms with Gasteiger partial charge >= 0.3 is 11.9 Å². The quantitative estimate of drug-likeness (QED) is 0.107. The summed E-state index contributed by atoms with van der Waals surface area (Å²) in [6, 6.07) is 4.90. The molecule has 11 nitrogen and oxygen atoms in total. The number of hydrogen-bond acceptors (Lipinski definition) is 7. The molecule has 0 saturated heterocycles. The van der Waals surface area contributed by atoms with Crippen molar-refractivity contribution in [3.63, 3.8) is 0 Å². The zero-order valence-corrected chi connectivity index (χ0v) is 17.4. The number of Topliss-reactive ketones (excluding diaryl/α,β-unsaturated/α-hetero) is 1. The summed E-state index contributed by atoms with van der Waals surface area (Å²) in [5.41, 5.74) is 9.34. The fourth-order valence-corrected chi connectivity index (χ4v) is 2.73. The van der Waals surface area contributed by atoms with E-state index >= 15 is 0 Å². The van der Waals surface area contributed by atoms with Gasteiger partial charge in [0, 0.05) is 12.0 Å². The van der Waals surface area contributed by atoms with E-state index in [1.807, 2.05) is 0 Å². The Balaban J connectivity index is 2.67. The van der Waals surface area contributed by atoms with Crippen molar-refractivity contribution >= 4 is 29.5 Å². The number of aliphatic carboxylic acids is 2. The number of carboxylic acid groups (broad SMARTS) is 2. The number of rotatable bonds is 13. The van der Waals surface area contributed by atoms with Crippen molar-refractivity contribution in [2.75, 3.05) is 6.61 Å². The van der Waals surface area contributed by atoms with E-state index < -0.39 is 47.5 Å². The summed E-state index contributed by atoms with van der Waals surface area (Å²) in [6.07, 6.45) is -0.616. The number of amidine groups is 1. The first-order valence-electron chi connectivity index (χ1n) is 9.54. The van der Waals surface area contributed by atoms with E-state index in [0.717, 1.165) is 0 Å². The topological polar surface area (TPSA) is 206 Å². The van der Waals surface area contributed by atoms with Gasteiger partial charge in [0.2, 0.25) is 5.91 Å². The molecule has 11 heteroatoms. The molecule has 0 aromatic heterocycles. The van der Waals surface area contributed by atoms with Gasteiger partial charge in [-0.05, 0) is 36.6 Å². The molecule has 2 unspecified atom stereocenters. The van der Waals surface area contributed by atoms with Crippen LogP contribution in [0, 0.1) is 11.3 Å². The molecule has 1 rings (SSSR count). The van der Waals surface area contributed by atoms with E-state index in [4.69, 9.17) is 26.7 Å². The number of nitrogens with one attached hydrogen (secondary N) is 2. The van der Waals surface area contributed by atoms with Crippen molar-refractivity contribution in [1.82, 2.24) is 5.32 Å². The van der Waals surface area contributed by atoms with Crippen molar-refractivity contribution < 1.29 is 34.1 Å². The first-order chi connectivity index (χ1) is 14.4. The van der Waals surface area contributed by atoms with Gasteiger partial charge in [-0.25, -0.2) is 4.79 Å². The van der Waals surface area contributed by atoms with Crippen molar-refractivity contribution in [1.29, 1.82) is 5.41 Å². The number of benzene rings is 1. The first-order valence-corrected chi connectivity index (χ1v) is 9.54. The minimum atomic E-state index is -2.33. The Hall–Kier alpha value is -3.47. The zero-order valence-electron chi connectivity index (χ0n) is 17.4. The molecule has 1 aromatic rings. The van der Waals surface area contributed by atoms with Gasteiger partial charge < -0.3 is 31.7 Å². The highest BCUT2D eigenvalue weighted by Gasteiger charge is 2.48. The maximum atomic E-state index is 12.7. The predicted octanol–water partition coefficient (Wildman–Crippen LogP) is 0.0964. The number of nitrogen functional groups attached to an aromatic ring is 1. The molecule has 0 saturated carbocycles. The molecule has 0 fully saturated rings. The molecule has 170 valence electrons. The number of ether oxygens (including phenoxy) is 1.